The normalized spacial score (nSPS) is 23.5. The van der Waals surface area contributed by atoms with Crippen LogP contribution in [0.1, 0.15) is 6.92 Å². The Labute approximate surface area is 118 Å². The van der Waals surface area contributed by atoms with Crippen molar-refractivity contribution in [3.8, 4) is 0 Å². The number of likely N-dealkylation sites (tertiary alicyclic amines) is 1. The third-order valence-corrected chi connectivity index (χ3v) is 4.29. The molecular formula is C14H21N3OS. The summed E-state index contributed by atoms with van der Waals surface area (Å²) < 4.78 is 0. The van der Waals surface area contributed by atoms with Crippen LogP contribution in [0.3, 0.4) is 0 Å². The monoisotopic (exact) mass is 279 g/mol. The van der Waals surface area contributed by atoms with E-state index in [4.69, 9.17) is 5.73 Å². The van der Waals surface area contributed by atoms with Gasteiger partial charge in [0.1, 0.15) is 0 Å². The second-order valence-corrected chi connectivity index (χ2v) is 5.93. The van der Waals surface area contributed by atoms with Crippen molar-refractivity contribution < 1.29 is 4.79 Å². The number of benzene rings is 1. The third kappa shape index (κ3) is 3.72. The van der Waals surface area contributed by atoms with Crippen LogP contribution in [0.15, 0.2) is 29.2 Å². The minimum absolute atomic E-state index is 0.0304. The number of amides is 1. The maximum absolute atomic E-state index is 12.0. The molecular weight excluding hydrogens is 258 g/mol. The van der Waals surface area contributed by atoms with Crippen molar-refractivity contribution in [3.05, 3.63) is 24.3 Å². The summed E-state index contributed by atoms with van der Waals surface area (Å²) in [5.41, 5.74) is 6.85. The number of carbonyl (C=O) groups is 1. The minimum atomic E-state index is 0.0304. The van der Waals surface area contributed by atoms with Crippen LogP contribution in [0, 0.1) is 5.92 Å². The number of carbonyl (C=O) groups excluding carboxylic acids is 1. The number of thioether (sulfide) groups is 1. The summed E-state index contributed by atoms with van der Waals surface area (Å²) in [6, 6.07) is 8.04. The Hall–Kier alpha value is -1.04. The van der Waals surface area contributed by atoms with Crippen LogP contribution in [0.2, 0.25) is 0 Å². The lowest BCUT2D eigenvalue weighted by molar-refractivity contribution is -0.117. The molecule has 4 nitrogen and oxygen atoms in total. The smallest absolute Gasteiger partial charge is 0.238 e. The Morgan fingerprint density at radius 1 is 1.47 bits per heavy atom. The molecule has 1 aliphatic rings. The number of rotatable bonds is 4. The van der Waals surface area contributed by atoms with E-state index in [1.807, 2.05) is 30.5 Å². The van der Waals surface area contributed by atoms with Crippen LogP contribution in [0.4, 0.5) is 5.69 Å². The molecule has 0 radical (unpaired) electrons. The van der Waals surface area contributed by atoms with E-state index in [-0.39, 0.29) is 11.9 Å². The first kappa shape index (κ1) is 14.4. The molecule has 19 heavy (non-hydrogen) atoms. The van der Waals surface area contributed by atoms with Crippen molar-refractivity contribution in [2.75, 3.05) is 31.2 Å². The van der Waals surface area contributed by atoms with Gasteiger partial charge in [-0.2, -0.15) is 0 Å². The van der Waals surface area contributed by atoms with E-state index in [0.717, 1.165) is 23.7 Å². The average molecular weight is 279 g/mol. The molecule has 0 aliphatic carbocycles. The van der Waals surface area contributed by atoms with Crippen LogP contribution in [0.25, 0.3) is 0 Å². The van der Waals surface area contributed by atoms with E-state index in [9.17, 15) is 4.79 Å². The molecule has 2 unspecified atom stereocenters. The highest BCUT2D eigenvalue weighted by molar-refractivity contribution is 7.98. The molecule has 1 fully saturated rings. The van der Waals surface area contributed by atoms with Crippen molar-refractivity contribution in [1.82, 2.24) is 4.90 Å². The molecule has 104 valence electrons. The molecule has 5 heteroatoms. The van der Waals surface area contributed by atoms with Crippen molar-refractivity contribution in [2.24, 2.45) is 11.7 Å². The second-order valence-electron chi connectivity index (χ2n) is 5.08. The molecule has 1 amide bonds. The van der Waals surface area contributed by atoms with Gasteiger partial charge in [0.25, 0.3) is 0 Å². The molecule has 1 heterocycles. The predicted molar refractivity (Wildman–Crippen MR) is 80.4 cm³/mol. The van der Waals surface area contributed by atoms with Crippen LogP contribution in [-0.4, -0.2) is 42.7 Å². The van der Waals surface area contributed by atoms with Gasteiger partial charge in [0.05, 0.1) is 12.2 Å². The van der Waals surface area contributed by atoms with Crippen LogP contribution < -0.4 is 11.1 Å². The molecule has 0 aromatic heterocycles. The van der Waals surface area contributed by atoms with Crippen LogP contribution >= 0.6 is 11.8 Å². The Bertz CT molecular complexity index is 442. The van der Waals surface area contributed by atoms with E-state index in [0.29, 0.717) is 12.5 Å². The Morgan fingerprint density at radius 3 is 2.84 bits per heavy atom. The molecule has 1 aromatic rings. The molecule has 0 saturated carbocycles. The van der Waals surface area contributed by atoms with Gasteiger partial charge < -0.3 is 11.1 Å². The van der Waals surface area contributed by atoms with Crippen molar-refractivity contribution in [3.63, 3.8) is 0 Å². The summed E-state index contributed by atoms with van der Waals surface area (Å²) in [6.07, 6.45) is 2.01. The number of nitrogens with two attached hydrogens (primary N) is 1. The lowest BCUT2D eigenvalue weighted by Gasteiger charge is -2.15. The van der Waals surface area contributed by atoms with Gasteiger partial charge in [-0.05, 0) is 24.3 Å². The Morgan fingerprint density at radius 2 is 2.21 bits per heavy atom. The first-order valence-corrected chi connectivity index (χ1v) is 7.73. The molecule has 0 spiro atoms. The molecule has 3 N–H and O–H groups in total. The summed E-state index contributed by atoms with van der Waals surface area (Å²) in [7, 11) is 0. The zero-order chi connectivity index (χ0) is 13.8. The standard InChI is InChI=1S/C14H21N3OS/c1-10-7-17(8-11(10)15)9-14(18)16-12-5-3-4-6-13(12)19-2/h3-6,10-11H,7-9,15H2,1-2H3,(H,16,18). The largest absolute Gasteiger partial charge is 0.326 e. The molecule has 2 atom stereocenters. The van der Waals surface area contributed by atoms with Crippen LogP contribution in [0.5, 0.6) is 0 Å². The van der Waals surface area contributed by atoms with Crippen molar-refractivity contribution in [2.45, 2.75) is 17.9 Å². The predicted octanol–water partition coefficient (Wildman–Crippen LogP) is 1.63. The number of anilines is 1. The number of nitrogens with one attached hydrogen (secondary N) is 1. The first-order valence-electron chi connectivity index (χ1n) is 6.51. The third-order valence-electron chi connectivity index (χ3n) is 3.49. The summed E-state index contributed by atoms with van der Waals surface area (Å²) in [6.45, 7) is 4.25. The summed E-state index contributed by atoms with van der Waals surface area (Å²) in [5, 5.41) is 2.98. The summed E-state index contributed by atoms with van der Waals surface area (Å²) in [4.78, 5) is 15.2. The van der Waals surface area contributed by atoms with Gasteiger partial charge in [0.15, 0.2) is 0 Å². The van der Waals surface area contributed by atoms with Gasteiger partial charge in [0, 0.05) is 24.0 Å². The SMILES string of the molecule is CSc1ccccc1NC(=O)CN1CC(C)C(N)C1. The van der Waals surface area contributed by atoms with Gasteiger partial charge in [-0.3, -0.25) is 9.69 Å². The number of nitrogens with zero attached hydrogens (tertiary/aromatic N) is 1. The second kappa shape index (κ2) is 6.41. The van der Waals surface area contributed by atoms with E-state index in [1.165, 1.54) is 0 Å². The fourth-order valence-electron chi connectivity index (χ4n) is 2.37. The lowest BCUT2D eigenvalue weighted by atomic mass is 10.1. The first-order chi connectivity index (χ1) is 9.10. The van der Waals surface area contributed by atoms with E-state index in [2.05, 4.69) is 17.1 Å². The van der Waals surface area contributed by atoms with Crippen LogP contribution in [-0.2, 0) is 4.79 Å². The Balaban J connectivity index is 1.91. The van der Waals surface area contributed by atoms with Crippen molar-refractivity contribution >= 4 is 23.4 Å². The van der Waals surface area contributed by atoms with Gasteiger partial charge in [-0.15, -0.1) is 11.8 Å². The quantitative estimate of drug-likeness (QED) is 0.822. The highest BCUT2D eigenvalue weighted by Crippen LogP contribution is 2.24. The highest BCUT2D eigenvalue weighted by atomic mass is 32.2. The summed E-state index contributed by atoms with van der Waals surface area (Å²) in [5.74, 6) is 0.495. The maximum atomic E-state index is 12.0. The topological polar surface area (TPSA) is 58.4 Å². The fourth-order valence-corrected chi connectivity index (χ4v) is 2.92. The molecule has 1 saturated heterocycles. The van der Waals surface area contributed by atoms with E-state index >= 15 is 0 Å². The Kier molecular flexibility index (Phi) is 4.85. The highest BCUT2D eigenvalue weighted by Gasteiger charge is 2.27. The fraction of sp³-hybridized carbons (Fsp3) is 0.500. The molecule has 2 rings (SSSR count). The number of hydrogen-bond donors (Lipinski definition) is 2. The van der Waals surface area contributed by atoms with Gasteiger partial charge in [-0.25, -0.2) is 0 Å². The molecule has 0 bridgehead atoms. The average Bonchev–Trinajstić information content (AvgIpc) is 2.68. The zero-order valence-corrected chi connectivity index (χ0v) is 12.2. The number of para-hydroxylation sites is 1. The summed E-state index contributed by atoms with van der Waals surface area (Å²) >= 11 is 1.63. The molecule has 1 aliphatic heterocycles. The van der Waals surface area contributed by atoms with Crippen molar-refractivity contribution in [1.29, 1.82) is 0 Å². The van der Waals surface area contributed by atoms with Gasteiger partial charge in [-0.1, -0.05) is 19.1 Å². The zero-order valence-electron chi connectivity index (χ0n) is 11.4. The lowest BCUT2D eigenvalue weighted by Crippen LogP contribution is -2.33. The molecule has 1 aromatic carbocycles. The number of hydrogen-bond acceptors (Lipinski definition) is 4. The van der Waals surface area contributed by atoms with E-state index < -0.39 is 0 Å². The maximum Gasteiger partial charge on any atom is 0.238 e. The van der Waals surface area contributed by atoms with E-state index in [1.54, 1.807) is 11.8 Å². The minimum Gasteiger partial charge on any atom is -0.326 e. The van der Waals surface area contributed by atoms with Gasteiger partial charge in [0.2, 0.25) is 5.91 Å². The van der Waals surface area contributed by atoms with Gasteiger partial charge >= 0.3 is 0 Å².